The smallest absolute Gasteiger partial charge is 0.269 e. The molecule has 5 nitrogen and oxygen atoms in total. The van der Waals surface area contributed by atoms with Gasteiger partial charge < -0.3 is 4.90 Å². The number of nitro benzene ring substituents is 1. The molecule has 5 heteroatoms. The predicted molar refractivity (Wildman–Crippen MR) is 76.4 cm³/mol. The monoisotopic (exact) mass is 267 g/mol. The van der Waals surface area contributed by atoms with E-state index < -0.39 is 4.92 Å². The third-order valence-electron chi connectivity index (χ3n) is 2.98. The zero-order valence-corrected chi connectivity index (χ0v) is 11.0. The van der Waals surface area contributed by atoms with Crippen LogP contribution in [0.3, 0.4) is 0 Å². The van der Waals surface area contributed by atoms with E-state index in [-0.39, 0.29) is 5.69 Å². The molecule has 0 aliphatic heterocycles. The second-order valence-electron chi connectivity index (χ2n) is 4.44. The molecule has 2 rings (SSSR count). The van der Waals surface area contributed by atoms with Crippen molar-refractivity contribution in [2.75, 3.05) is 11.9 Å². The molecule has 0 aliphatic carbocycles. The summed E-state index contributed by atoms with van der Waals surface area (Å²) in [4.78, 5) is 12.2. The Kier molecular flexibility index (Phi) is 3.96. The summed E-state index contributed by atoms with van der Waals surface area (Å²) in [5.41, 5.74) is 2.60. The Labute approximate surface area is 116 Å². The fraction of sp³-hybridized carbons (Fsp3) is 0.133. The van der Waals surface area contributed by atoms with Crippen LogP contribution in [0.5, 0.6) is 0 Å². The van der Waals surface area contributed by atoms with Gasteiger partial charge >= 0.3 is 0 Å². The van der Waals surface area contributed by atoms with E-state index in [4.69, 9.17) is 5.26 Å². The zero-order valence-electron chi connectivity index (χ0n) is 11.0. The second-order valence-corrected chi connectivity index (χ2v) is 4.44. The van der Waals surface area contributed by atoms with Crippen molar-refractivity contribution in [2.45, 2.75) is 6.54 Å². The van der Waals surface area contributed by atoms with Crippen LogP contribution in [0, 0.1) is 21.4 Å². The van der Waals surface area contributed by atoms with E-state index >= 15 is 0 Å². The van der Waals surface area contributed by atoms with Crippen LogP contribution in [-0.2, 0) is 6.54 Å². The molecule has 2 aromatic rings. The molecule has 0 fully saturated rings. The van der Waals surface area contributed by atoms with E-state index in [9.17, 15) is 10.1 Å². The molecule has 0 amide bonds. The average molecular weight is 267 g/mol. The number of benzene rings is 2. The minimum Gasteiger partial charge on any atom is -0.370 e. The van der Waals surface area contributed by atoms with E-state index in [1.807, 2.05) is 30.1 Å². The van der Waals surface area contributed by atoms with Crippen molar-refractivity contribution in [2.24, 2.45) is 0 Å². The number of nitriles is 1. The minimum absolute atomic E-state index is 0.0860. The highest BCUT2D eigenvalue weighted by Gasteiger charge is 2.06. The van der Waals surface area contributed by atoms with E-state index in [1.54, 1.807) is 18.2 Å². The summed E-state index contributed by atoms with van der Waals surface area (Å²) in [6, 6.07) is 15.9. The zero-order chi connectivity index (χ0) is 14.5. The van der Waals surface area contributed by atoms with Crippen molar-refractivity contribution in [3.8, 4) is 6.07 Å². The third-order valence-corrected chi connectivity index (χ3v) is 2.98. The Morgan fingerprint density at radius 1 is 1.25 bits per heavy atom. The van der Waals surface area contributed by atoms with Crippen molar-refractivity contribution >= 4 is 11.4 Å². The van der Waals surface area contributed by atoms with Crippen molar-refractivity contribution < 1.29 is 4.92 Å². The molecule has 0 atom stereocenters. The van der Waals surface area contributed by atoms with Gasteiger partial charge in [-0.15, -0.1) is 0 Å². The Hall–Kier alpha value is -2.87. The lowest BCUT2D eigenvalue weighted by atomic mass is 10.1. The number of nitrogens with zero attached hydrogens (tertiary/aromatic N) is 3. The maximum absolute atomic E-state index is 10.6. The van der Waals surface area contributed by atoms with Crippen LogP contribution >= 0.6 is 0 Å². The molecule has 0 unspecified atom stereocenters. The lowest BCUT2D eigenvalue weighted by Gasteiger charge is -2.19. The average Bonchev–Trinajstić information content (AvgIpc) is 2.47. The van der Waals surface area contributed by atoms with Crippen LogP contribution in [0.1, 0.15) is 11.1 Å². The van der Waals surface area contributed by atoms with Crippen molar-refractivity contribution in [3.05, 3.63) is 69.8 Å². The molecular formula is C15H13N3O2. The molecule has 0 saturated carbocycles. The summed E-state index contributed by atoms with van der Waals surface area (Å²) in [5, 5.41) is 19.5. The van der Waals surface area contributed by atoms with Gasteiger partial charge in [0.2, 0.25) is 0 Å². The quantitative estimate of drug-likeness (QED) is 0.630. The molecule has 0 radical (unpaired) electrons. The Morgan fingerprint density at radius 2 is 1.95 bits per heavy atom. The third kappa shape index (κ3) is 3.12. The first-order valence-corrected chi connectivity index (χ1v) is 6.05. The highest BCUT2D eigenvalue weighted by molar-refractivity contribution is 5.51. The summed E-state index contributed by atoms with van der Waals surface area (Å²) < 4.78 is 0. The van der Waals surface area contributed by atoms with Gasteiger partial charge in [-0.3, -0.25) is 10.1 Å². The van der Waals surface area contributed by atoms with Crippen LogP contribution in [0.4, 0.5) is 11.4 Å². The van der Waals surface area contributed by atoms with Crippen LogP contribution in [0.2, 0.25) is 0 Å². The number of nitro groups is 1. The SMILES string of the molecule is CN(Cc1ccc([N+](=O)[O-])cc1)c1cccc(C#N)c1. The number of rotatable bonds is 4. The van der Waals surface area contributed by atoms with Gasteiger partial charge in [-0.1, -0.05) is 18.2 Å². The molecule has 100 valence electrons. The lowest BCUT2D eigenvalue weighted by Crippen LogP contribution is -2.16. The first kappa shape index (κ1) is 13.6. The summed E-state index contributed by atoms with van der Waals surface area (Å²) >= 11 is 0. The molecule has 0 aromatic heterocycles. The summed E-state index contributed by atoms with van der Waals surface area (Å²) in [7, 11) is 1.91. The first-order valence-electron chi connectivity index (χ1n) is 6.05. The van der Waals surface area contributed by atoms with Crippen molar-refractivity contribution in [1.29, 1.82) is 5.26 Å². The number of hydrogen-bond acceptors (Lipinski definition) is 4. The van der Waals surface area contributed by atoms with E-state index in [2.05, 4.69) is 6.07 Å². The lowest BCUT2D eigenvalue weighted by molar-refractivity contribution is -0.384. The van der Waals surface area contributed by atoms with Gasteiger partial charge in [0.05, 0.1) is 16.6 Å². The van der Waals surface area contributed by atoms with Crippen LogP contribution in [0.25, 0.3) is 0 Å². The van der Waals surface area contributed by atoms with Crippen LogP contribution < -0.4 is 4.90 Å². The van der Waals surface area contributed by atoms with Gasteiger partial charge in [0.1, 0.15) is 0 Å². The maximum Gasteiger partial charge on any atom is 0.269 e. The van der Waals surface area contributed by atoms with E-state index in [1.165, 1.54) is 12.1 Å². The number of hydrogen-bond donors (Lipinski definition) is 0. The predicted octanol–water partition coefficient (Wildman–Crippen LogP) is 3.10. The second kappa shape index (κ2) is 5.85. The topological polar surface area (TPSA) is 70.2 Å². The van der Waals surface area contributed by atoms with Gasteiger partial charge in [-0.05, 0) is 23.8 Å². The number of non-ortho nitro benzene ring substituents is 1. The highest BCUT2D eigenvalue weighted by Crippen LogP contribution is 2.18. The molecule has 0 bridgehead atoms. The van der Waals surface area contributed by atoms with Crippen molar-refractivity contribution in [1.82, 2.24) is 0 Å². The normalized spacial score (nSPS) is 9.80. The Morgan fingerprint density at radius 3 is 2.55 bits per heavy atom. The summed E-state index contributed by atoms with van der Waals surface area (Å²) in [6.45, 7) is 0.618. The van der Waals surface area contributed by atoms with Crippen molar-refractivity contribution in [3.63, 3.8) is 0 Å². The van der Waals surface area contributed by atoms with Gasteiger partial charge in [-0.25, -0.2) is 0 Å². The highest BCUT2D eigenvalue weighted by atomic mass is 16.6. The summed E-state index contributed by atoms with van der Waals surface area (Å²) in [6.07, 6.45) is 0. The maximum atomic E-state index is 10.6. The molecular weight excluding hydrogens is 254 g/mol. The van der Waals surface area contributed by atoms with E-state index in [0.29, 0.717) is 12.1 Å². The largest absolute Gasteiger partial charge is 0.370 e. The van der Waals surface area contributed by atoms with Gasteiger partial charge in [-0.2, -0.15) is 5.26 Å². The molecule has 0 aliphatic rings. The molecule has 0 spiro atoms. The molecule has 20 heavy (non-hydrogen) atoms. The van der Waals surface area contributed by atoms with Gasteiger partial charge in [0.15, 0.2) is 0 Å². The molecule has 0 heterocycles. The van der Waals surface area contributed by atoms with E-state index in [0.717, 1.165) is 11.3 Å². The minimum atomic E-state index is -0.413. The fourth-order valence-electron chi connectivity index (χ4n) is 1.90. The first-order chi connectivity index (χ1) is 9.60. The van der Waals surface area contributed by atoms with Gasteiger partial charge in [0, 0.05) is 31.4 Å². The molecule has 0 saturated heterocycles. The molecule has 0 N–H and O–H groups in total. The Bertz CT molecular complexity index is 660. The van der Waals surface area contributed by atoms with Crippen LogP contribution in [-0.4, -0.2) is 12.0 Å². The standard InChI is InChI=1S/C15H13N3O2/c1-17(15-4-2-3-13(9-15)10-16)11-12-5-7-14(8-6-12)18(19)20/h2-9H,11H2,1H3. The fourth-order valence-corrected chi connectivity index (χ4v) is 1.90. The Balaban J connectivity index is 2.12. The summed E-state index contributed by atoms with van der Waals surface area (Å²) in [5.74, 6) is 0. The van der Waals surface area contributed by atoms with Gasteiger partial charge in [0.25, 0.3) is 5.69 Å². The van der Waals surface area contributed by atoms with Crippen LogP contribution in [0.15, 0.2) is 48.5 Å². The molecule has 2 aromatic carbocycles. The number of anilines is 1.